The molecule has 0 spiro atoms. The Morgan fingerprint density at radius 3 is 1.73 bits per heavy atom. The van der Waals surface area contributed by atoms with Crippen LogP contribution in [0.15, 0.2) is 0 Å². The lowest BCUT2D eigenvalue weighted by molar-refractivity contribution is 0.000991. The summed E-state index contributed by atoms with van der Waals surface area (Å²) in [6.07, 6.45) is -0.210. The van der Waals surface area contributed by atoms with Gasteiger partial charge in [-0.2, -0.15) is 8.42 Å². The predicted octanol–water partition coefficient (Wildman–Crippen LogP) is 2.24. The summed E-state index contributed by atoms with van der Waals surface area (Å²) in [5.74, 6) is 0. The van der Waals surface area contributed by atoms with E-state index in [2.05, 4.69) is 4.18 Å². The second-order valence-corrected chi connectivity index (χ2v) is 9.62. The van der Waals surface area contributed by atoms with E-state index in [1.165, 1.54) is 0 Å². The Kier molecular flexibility index (Phi) is 9.01. The largest absolute Gasteiger partial charge is 0.443 e. The summed E-state index contributed by atoms with van der Waals surface area (Å²) in [4.78, 5) is 25.5. The van der Waals surface area contributed by atoms with Gasteiger partial charge in [0.05, 0.1) is 12.9 Å². The van der Waals surface area contributed by atoms with Crippen molar-refractivity contribution in [3.05, 3.63) is 0 Å². The highest BCUT2D eigenvalue weighted by Crippen LogP contribution is 2.15. The third-order valence-electron chi connectivity index (χ3n) is 2.74. The van der Waals surface area contributed by atoms with Gasteiger partial charge in [-0.05, 0) is 54.4 Å². The quantitative estimate of drug-likeness (QED) is 0.649. The smallest absolute Gasteiger partial charge is 0.419 e. The van der Waals surface area contributed by atoms with Gasteiger partial charge in [-0.25, -0.2) is 14.5 Å². The van der Waals surface area contributed by atoms with E-state index < -0.39 is 39.5 Å². The lowest BCUT2D eigenvalue weighted by atomic mass is 10.1. The van der Waals surface area contributed by atoms with E-state index in [4.69, 9.17) is 15.2 Å². The van der Waals surface area contributed by atoms with Crippen molar-refractivity contribution in [2.45, 2.75) is 71.6 Å². The lowest BCUT2D eigenvalue weighted by Gasteiger charge is -2.29. The van der Waals surface area contributed by atoms with Gasteiger partial charge in [-0.3, -0.25) is 4.18 Å². The van der Waals surface area contributed by atoms with Gasteiger partial charge in [0.25, 0.3) is 10.1 Å². The molecule has 0 aliphatic rings. The maximum atomic E-state index is 12.3. The molecule has 0 radical (unpaired) electrons. The molecule has 0 aromatic rings. The highest BCUT2D eigenvalue weighted by Gasteiger charge is 2.31. The molecule has 2 amide bonds. The molecule has 0 aliphatic carbocycles. The molecule has 0 heterocycles. The molecule has 0 aromatic carbocycles. The van der Waals surface area contributed by atoms with Crippen molar-refractivity contribution < 1.29 is 31.7 Å². The molecule has 1 atom stereocenters. The van der Waals surface area contributed by atoms with Crippen LogP contribution in [0.2, 0.25) is 0 Å². The van der Waals surface area contributed by atoms with Crippen LogP contribution in [-0.2, 0) is 23.8 Å². The average molecular weight is 397 g/mol. The fraction of sp³-hybridized carbons (Fsp3) is 0.875. The normalized spacial score (nSPS) is 13.8. The van der Waals surface area contributed by atoms with Crippen molar-refractivity contribution in [1.82, 2.24) is 4.90 Å². The first kappa shape index (κ1) is 24.6. The molecule has 154 valence electrons. The molecule has 0 saturated carbocycles. The summed E-state index contributed by atoms with van der Waals surface area (Å²) in [6, 6.07) is -0.468. The number of carbonyl (C=O) groups excluding carboxylic acids is 2. The number of rotatable bonds is 7. The minimum atomic E-state index is -3.53. The first-order chi connectivity index (χ1) is 11.5. The molecule has 9 nitrogen and oxygen atoms in total. The standard InChI is InChI=1S/C16H32N2O7S/c1-15(2,3)24-13(19)18(14(20)25-16(4,5)6)10-8-12(17)9-11-23-26(7,21)22/h12H,8-11,17H2,1-7H3. The third kappa shape index (κ3) is 12.9. The van der Waals surface area contributed by atoms with Crippen LogP contribution in [0, 0.1) is 0 Å². The highest BCUT2D eigenvalue weighted by atomic mass is 32.2. The SMILES string of the molecule is CC(C)(C)OC(=O)N(CCC(N)CCOS(C)(=O)=O)C(=O)OC(C)(C)C. The first-order valence-electron chi connectivity index (χ1n) is 8.33. The summed E-state index contributed by atoms with van der Waals surface area (Å²) in [6.45, 7) is 10.0. The minimum absolute atomic E-state index is 0.0239. The minimum Gasteiger partial charge on any atom is -0.443 e. The predicted molar refractivity (Wildman–Crippen MR) is 97.2 cm³/mol. The Labute approximate surface area is 156 Å². The van der Waals surface area contributed by atoms with Gasteiger partial charge in [0.1, 0.15) is 11.2 Å². The Hall–Kier alpha value is -1.39. The summed E-state index contributed by atoms with van der Waals surface area (Å²) < 4.78 is 37.0. The zero-order chi connectivity index (χ0) is 20.8. The van der Waals surface area contributed by atoms with E-state index >= 15 is 0 Å². The van der Waals surface area contributed by atoms with Crippen LogP contribution in [0.4, 0.5) is 9.59 Å². The van der Waals surface area contributed by atoms with Crippen molar-refractivity contribution >= 4 is 22.3 Å². The number of amides is 2. The number of nitrogens with two attached hydrogens (primary N) is 1. The highest BCUT2D eigenvalue weighted by molar-refractivity contribution is 7.85. The summed E-state index contributed by atoms with van der Waals surface area (Å²) >= 11 is 0. The molecular weight excluding hydrogens is 364 g/mol. The zero-order valence-corrected chi connectivity index (χ0v) is 17.5. The van der Waals surface area contributed by atoms with Gasteiger partial charge in [-0.15, -0.1) is 0 Å². The number of nitrogens with zero attached hydrogens (tertiary/aromatic N) is 1. The van der Waals surface area contributed by atoms with E-state index in [0.717, 1.165) is 11.2 Å². The average Bonchev–Trinajstić information content (AvgIpc) is 2.32. The fourth-order valence-electron chi connectivity index (χ4n) is 1.68. The maximum Gasteiger partial charge on any atom is 0.419 e. The molecule has 2 N–H and O–H groups in total. The monoisotopic (exact) mass is 396 g/mol. The number of hydrogen-bond donors (Lipinski definition) is 1. The van der Waals surface area contributed by atoms with Crippen molar-refractivity contribution in [3.8, 4) is 0 Å². The van der Waals surface area contributed by atoms with E-state index in [-0.39, 0.29) is 26.0 Å². The van der Waals surface area contributed by atoms with Gasteiger partial charge >= 0.3 is 12.2 Å². The molecule has 0 saturated heterocycles. The van der Waals surface area contributed by atoms with Gasteiger partial charge in [-0.1, -0.05) is 0 Å². The molecule has 26 heavy (non-hydrogen) atoms. The van der Waals surface area contributed by atoms with E-state index in [0.29, 0.717) is 0 Å². The molecular formula is C16H32N2O7S. The van der Waals surface area contributed by atoms with Gasteiger partial charge in [0, 0.05) is 12.6 Å². The Bertz CT molecular complexity index is 548. The molecule has 0 fully saturated rings. The van der Waals surface area contributed by atoms with Crippen molar-refractivity contribution in [2.24, 2.45) is 5.73 Å². The van der Waals surface area contributed by atoms with Crippen LogP contribution in [0.5, 0.6) is 0 Å². The number of ether oxygens (including phenoxy) is 2. The molecule has 1 unspecified atom stereocenters. The van der Waals surface area contributed by atoms with Crippen molar-refractivity contribution in [2.75, 3.05) is 19.4 Å². The van der Waals surface area contributed by atoms with Gasteiger partial charge in [0.2, 0.25) is 0 Å². The fourth-order valence-corrected chi connectivity index (χ4v) is 2.08. The van der Waals surface area contributed by atoms with E-state index in [1.54, 1.807) is 41.5 Å². The lowest BCUT2D eigenvalue weighted by Crippen LogP contribution is -2.45. The van der Waals surface area contributed by atoms with E-state index in [1.807, 2.05) is 0 Å². The zero-order valence-electron chi connectivity index (χ0n) is 16.7. The molecule has 0 aliphatic heterocycles. The van der Waals surface area contributed by atoms with Crippen LogP contribution in [-0.4, -0.2) is 62.2 Å². The van der Waals surface area contributed by atoms with Crippen LogP contribution in [0.3, 0.4) is 0 Å². The molecule has 0 rings (SSSR count). The van der Waals surface area contributed by atoms with Crippen LogP contribution >= 0.6 is 0 Å². The summed E-state index contributed by atoms with van der Waals surface area (Å²) in [5, 5.41) is 0. The number of imide groups is 1. The summed E-state index contributed by atoms with van der Waals surface area (Å²) in [5.41, 5.74) is 4.35. The molecule has 0 aromatic heterocycles. The van der Waals surface area contributed by atoms with Gasteiger partial charge < -0.3 is 15.2 Å². The molecule has 10 heteroatoms. The number of carbonyl (C=O) groups is 2. The first-order valence-corrected chi connectivity index (χ1v) is 10.2. The van der Waals surface area contributed by atoms with E-state index in [9.17, 15) is 18.0 Å². The number of hydrogen-bond acceptors (Lipinski definition) is 8. The van der Waals surface area contributed by atoms with Crippen molar-refractivity contribution in [1.29, 1.82) is 0 Å². The van der Waals surface area contributed by atoms with Crippen molar-refractivity contribution in [3.63, 3.8) is 0 Å². The Balaban J connectivity index is 4.85. The summed E-state index contributed by atoms with van der Waals surface area (Å²) in [7, 11) is -3.53. The second-order valence-electron chi connectivity index (χ2n) is 7.98. The topological polar surface area (TPSA) is 125 Å². The Morgan fingerprint density at radius 2 is 1.38 bits per heavy atom. The maximum absolute atomic E-state index is 12.3. The van der Waals surface area contributed by atoms with Gasteiger partial charge in [0.15, 0.2) is 0 Å². The molecule has 0 bridgehead atoms. The Morgan fingerprint density at radius 1 is 0.962 bits per heavy atom. The van der Waals surface area contributed by atoms with Crippen LogP contribution < -0.4 is 5.73 Å². The van der Waals surface area contributed by atoms with Crippen LogP contribution in [0.1, 0.15) is 54.4 Å². The second kappa shape index (κ2) is 9.52. The van der Waals surface area contributed by atoms with Crippen LogP contribution in [0.25, 0.3) is 0 Å². The third-order valence-corrected chi connectivity index (χ3v) is 3.33.